The van der Waals surface area contributed by atoms with Crippen LogP contribution in [0.2, 0.25) is 0 Å². The molecule has 7 heteroatoms. The molecule has 1 aromatic rings. The van der Waals surface area contributed by atoms with Crippen LogP contribution in [0, 0.1) is 0 Å². The molecule has 0 saturated carbocycles. The van der Waals surface area contributed by atoms with Crippen molar-refractivity contribution in [3.8, 4) is 5.75 Å². The van der Waals surface area contributed by atoms with Gasteiger partial charge in [0, 0.05) is 13.7 Å². The average Bonchev–Trinajstić information content (AvgIpc) is 2.40. The third-order valence-corrected chi connectivity index (χ3v) is 3.98. The first-order valence-corrected chi connectivity index (χ1v) is 8.01. The molecule has 0 radical (unpaired) electrons. The molecule has 0 aliphatic heterocycles. The predicted octanol–water partition coefficient (Wildman–Crippen LogP) is 0.517. The fraction of sp³-hybridized carbons (Fsp3) is 0.538. The van der Waals surface area contributed by atoms with Crippen molar-refractivity contribution in [1.29, 1.82) is 0 Å². The number of sulfonamides is 1. The number of hydrogen-bond donors (Lipinski definition) is 2. The topological polar surface area (TPSA) is 84.9 Å². The van der Waals surface area contributed by atoms with Gasteiger partial charge in [-0.1, -0.05) is 18.2 Å². The summed E-state index contributed by atoms with van der Waals surface area (Å²) in [4.78, 5) is 0. The van der Waals surface area contributed by atoms with Crippen LogP contribution in [0.15, 0.2) is 24.3 Å². The summed E-state index contributed by atoms with van der Waals surface area (Å²) in [6.07, 6.45) is 0.441. The van der Waals surface area contributed by atoms with E-state index in [4.69, 9.17) is 9.47 Å². The van der Waals surface area contributed by atoms with Crippen LogP contribution in [0.1, 0.15) is 5.56 Å². The highest BCUT2D eigenvalue weighted by molar-refractivity contribution is 7.89. The number of ether oxygens (including phenoxy) is 2. The van der Waals surface area contributed by atoms with E-state index in [1.165, 1.54) is 0 Å². The number of phenols is 1. The van der Waals surface area contributed by atoms with Crippen LogP contribution in [-0.4, -0.2) is 52.8 Å². The van der Waals surface area contributed by atoms with E-state index >= 15 is 0 Å². The number of para-hydroxylation sites is 1. The Balaban J connectivity index is 2.24. The van der Waals surface area contributed by atoms with E-state index in [0.717, 1.165) is 0 Å². The molecule has 0 unspecified atom stereocenters. The van der Waals surface area contributed by atoms with E-state index in [1.807, 2.05) is 0 Å². The molecule has 0 aromatic heterocycles. The van der Waals surface area contributed by atoms with Crippen molar-refractivity contribution in [3.63, 3.8) is 0 Å². The smallest absolute Gasteiger partial charge is 0.213 e. The molecular formula is C13H21NO5S. The second-order valence-corrected chi connectivity index (χ2v) is 6.12. The van der Waals surface area contributed by atoms with Gasteiger partial charge in [-0.25, -0.2) is 13.1 Å². The number of nitrogens with one attached hydrogen (secondary N) is 1. The monoisotopic (exact) mass is 303 g/mol. The SMILES string of the molecule is COCCOCCS(=O)(=O)NCCc1ccccc1O. The van der Waals surface area contributed by atoms with E-state index in [2.05, 4.69) is 4.72 Å². The minimum Gasteiger partial charge on any atom is -0.508 e. The van der Waals surface area contributed by atoms with Gasteiger partial charge in [0.1, 0.15) is 5.75 Å². The number of benzene rings is 1. The maximum absolute atomic E-state index is 11.7. The first-order valence-electron chi connectivity index (χ1n) is 6.36. The standard InChI is InChI=1S/C13H21NO5S/c1-18-8-9-19-10-11-20(16,17)14-7-6-12-4-2-3-5-13(12)15/h2-5,14-15H,6-11H2,1H3. The highest BCUT2D eigenvalue weighted by Gasteiger charge is 2.10. The van der Waals surface area contributed by atoms with E-state index in [9.17, 15) is 13.5 Å². The van der Waals surface area contributed by atoms with Crippen LogP contribution >= 0.6 is 0 Å². The highest BCUT2D eigenvalue weighted by Crippen LogP contribution is 2.15. The Bertz CT molecular complexity index is 489. The summed E-state index contributed by atoms with van der Waals surface area (Å²) in [5, 5.41) is 9.55. The van der Waals surface area contributed by atoms with Crippen LogP contribution in [0.3, 0.4) is 0 Å². The molecule has 2 N–H and O–H groups in total. The first-order chi connectivity index (χ1) is 9.55. The van der Waals surface area contributed by atoms with Crippen LogP contribution < -0.4 is 4.72 Å². The summed E-state index contributed by atoms with van der Waals surface area (Å²) in [6, 6.07) is 6.86. The predicted molar refractivity (Wildman–Crippen MR) is 76.3 cm³/mol. The summed E-state index contributed by atoms with van der Waals surface area (Å²) in [6.45, 7) is 1.21. The van der Waals surface area contributed by atoms with Crippen molar-refractivity contribution < 1.29 is 23.0 Å². The van der Waals surface area contributed by atoms with Gasteiger partial charge in [-0.3, -0.25) is 0 Å². The molecule has 0 aliphatic carbocycles. The van der Waals surface area contributed by atoms with Crippen molar-refractivity contribution in [2.45, 2.75) is 6.42 Å². The third kappa shape index (κ3) is 6.85. The minimum absolute atomic E-state index is 0.0858. The van der Waals surface area contributed by atoms with Gasteiger partial charge >= 0.3 is 0 Å². The quantitative estimate of drug-likeness (QED) is 0.616. The zero-order valence-electron chi connectivity index (χ0n) is 11.5. The number of aromatic hydroxyl groups is 1. The molecule has 1 aromatic carbocycles. The zero-order valence-corrected chi connectivity index (χ0v) is 12.4. The number of hydrogen-bond acceptors (Lipinski definition) is 5. The Labute approximate surface area is 119 Å². The lowest BCUT2D eigenvalue weighted by atomic mass is 10.1. The van der Waals surface area contributed by atoms with Crippen molar-refractivity contribution in [2.75, 3.05) is 39.2 Å². The molecule has 0 amide bonds. The van der Waals surface area contributed by atoms with Gasteiger partial charge in [-0.05, 0) is 18.1 Å². The first kappa shape index (κ1) is 16.9. The lowest BCUT2D eigenvalue weighted by Crippen LogP contribution is -2.30. The second kappa shape index (κ2) is 8.91. The largest absolute Gasteiger partial charge is 0.508 e. The van der Waals surface area contributed by atoms with Crippen molar-refractivity contribution in [3.05, 3.63) is 29.8 Å². The number of methoxy groups -OCH3 is 1. The molecule has 0 saturated heterocycles. The van der Waals surface area contributed by atoms with Crippen LogP contribution in [0.25, 0.3) is 0 Å². The average molecular weight is 303 g/mol. The molecule has 0 spiro atoms. The van der Waals surface area contributed by atoms with E-state index in [0.29, 0.717) is 25.2 Å². The second-order valence-electron chi connectivity index (χ2n) is 4.20. The van der Waals surface area contributed by atoms with Gasteiger partial charge in [0.25, 0.3) is 0 Å². The fourth-order valence-corrected chi connectivity index (χ4v) is 2.44. The Morgan fingerprint density at radius 2 is 1.95 bits per heavy atom. The Morgan fingerprint density at radius 1 is 1.20 bits per heavy atom. The molecule has 0 bridgehead atoms. The maximum Gasteiger partial charge on any atom is 0.213 e. The Kier molecular flexibility index (Phi) is 7.53. The minimum atomic E-state index is -3.35. The van der Waals surface area contributed by atoms with Gasteiger partial charge in [-0.15, -0.1) is 0 Å². The molecular weight excluding hydrogens is 282 g/mol. The van der Waals surface area contributed by atoms with Crippen LogP contribution in [0.5, 0.6) is 5.75 Å². The zero-order chi connectivity index (χ0) is 14.8. The summed E-state index contributed by atoms with van der Waals surface area (Å²) in [5.74, 6) is 0.0897. The molecule has 20 heavy (non-hydrogen) atoms. The fourth-order valence-electron chi connectivity index (χ4n) is 1.55. The number of phenolic OH excluding ortho intramolecular Hbond substituents is 1. The molecule has 0 atom stereocenters. The molecule has 6 nitrogen and oxygen atoms in total. The summed E-state index contributed by atoms with van der Waals surface area (Å²) in [7, 11) is -1.79. The Morgan fingerprint density at radius 3 is 2.65 bits per heavy atom. The summed E-state index contributed by atoms with van der Waals surface area (Å²) >= 11 is 0. The summed E-state index contributed by atoms with van der Waals surface area (Å²) < 4.78 is 35.7. The lowest BCUT2D eigenvalue weighted by Gasteiger charge is -2.08. The van der Waals surface area contributed by atoms with E-state index < -0.39 is 10.0 Å². The van der Waals surface area contributed by atoms with Crippen molar-refractivity contribution in [2.24, 2.45) is 0 Å². The molecule has 0 fully saturated rings. The Hall–Kier alpha value is -1.15. The summed E-state index contributed by atoms with van der Waals surface area (Å²) in [5.41, 5.74) is 0.714. The molecule has 114 valence electrons. The van der Waals surface area contributed by atoms with Crippen LogP contribution in [-0.2, 0) is 25.9 Å². The lowest BCUT2D eigenvalue weighted by molar-refractivity contribution is 0.0784. The van der Waals surface area contributed by atoms with Crippen LogP contribution in [0.4, 0.5) is 0 Å². The van der Waals surface area contributed by atoms with Gasteiger partial charge in [0.05, 0.1) is 25.6 Å². The van der Waals surface area contributed by atoms with E-state index in [1.54, 1.807) is 31.4 Å². The molecule has 1 rings (SSSR count). The third-order valence-electron chi connectivity index (χ3n) is 2.64. The van der Waals surface area contributed by atoms with Gasteiger partial charge in [-0.2, -0.15) is 0 Å². The van der Waals surface area contributed by atoms with E-state index in [-0.39, 0.29) is 24.7 Å². The van der Waals surface area contributed by atoms with Crippen molar-refractivity contribution >= 4 is 10.0 Å². The maximum atomic E-state index is 11.7. The van der Waals surface area contributed by atoms with Gasteiger partial charge in [0.15, 0.2) is 0 Å². The number of rotatable bonds is 10. The normalized spacial score (nSPS) is 11.7. The van der Waals surface area contributed by atoms with Gasteiger partial charge < -0.3 is 14.6 Å². The molecule has 0 heterocycles. The van der Waals surface area contributed by atoms with Crippen molar-refractivity contribution in [1.82, 2.24) is 4.72 Å². The van der Waals surface area contributed by atoms with Gasteiger partial charge in [0.2, 0.25) is 10.0 Å². The molecule has 0 aliphatic rings. The highest BCUT2D eigenvalue weighted by atomic mass is 32.2.